The van der Waals surface area contributed by atoms with Gasteiger partial charge in [0.1, 0.15) is 0 Å². The Morgan fingerprint density at radius 1 is 1.42 bits per heavy atom. The predicted molar refractivity (Wildman–Crippen MR) is 54.9 cm³/mol. The van der Waals surface area contributed by atoms with Gasteiger partial charge in [0.05, 0.1) is 4.83 Å². The molecule has 0 fully saturated rings. The summed E-state index contributed by atoms with van der Waals surface area (Å²) < 4.78 is 0.969. The molecule has 12 heavy (non-hydrogen) atoms. The third kappa shape index (κ3) is 1.25. The van der Waals surface area contributed by atoms with Crippen LogP contribution in [-0.2, 0) is 6.42 Å². The van der Waals surface area contributed by atoms with Gasteiger partial charge in [0.2, 0.25) is 0 Å². The lowest BCUT2D eigenvalue weighted by molar-refractivity contribution is 0.100. The van der Waals surface area contributed by atoms with Gasteiger partial charge in [0.25, 0.3) is 0 Å². The normalized spacial score (nSPS) is 21.2. The van der Waals surface area contributed by atoms with E-state index in [0.717, 1.165) is 22.0 Å². The smallest absolute Gasteiger partial charge is 0.177 e. The quantitative estimate of drug-likeness (QED) is 0.671. The molecule has 1 aliphatic rings. The van der Waals surface area contributed by atoms with Gasteiger partial charge in [0, 0.05) is 10.0 Å². The van der Waals surface area contributed by atoms with Crippen molar-refractivity contribution in [2.24, 2.45) is 0 Å². The number of carbonyl (C=O) groups is 1. The second-order valence-corrected chi connectivity index (χ2v) is 4.86. The molecule has 1 unspecified atom stereocenters. The molecule has 0 heterocycles. The summed E-state index contributed by atoms with van der Waals surface area (Å²) >= 11 is 6.69. The molecular weight excluding hydrogens is 284 g/mol. The van der Waals surface area contributed by atoms with E-state index in [1.165, 1.54) is 0 Å². The van der Waals surface area contributed by atoms with E-state index in [1.54, 1.807) is 0 Å². The van der Waals surface area contributed by atoms with Gasteiger partial charge < -0.3 is 0 Å². The van der Waals surface area contributed by atoms with Gasteiger partial charge in [-0.1, -0.05) is 37.9 Å². The maximum atomic E-state index is 11.5. The van der Waals surface area contributed by atoms with Crippen LogP contribution >= 0.6 is 31.9 Å². The molecule has 0 aromatic heterocycles. The summed E-state index contributed by atoms with van der Waals surface area (Å²) in [6.45, 7) is 0. The van der Waals surface area contributed by atoms with Crippen molar-refractivity contribution >= 4 is 37.6 Å². The van der Waals surface area contributed by atoms with Crippen LogP contribution in [0.25, 0.3) is 0 Å². The largest absolute Gasteiger partial charge is 0.293 e. The molecule has 1 aliphatic carbocycles. The van der Waals surface area contributed by atoms with E-state index >= 15 is 0 Å². The number of benzene rings is 1. The van der Waals surface area contributed by atoms with Crippen LogP contribution in [0, 0.1) is 0 Å². The van der Waals surface area contributed by atoms with Crippen molar-refractivity contribution in [3.05, 3.63) is 33.8 Å². The minimum absolute atomic E-state index is 0.0122. The van der Waals surface area contributed by atoms with Crippen molar-refractivity contribution in [2.45, 2.75) is 11.2 Å². The summed E-state index contributed by atoms with van der Waals surface area (Å²) in [5, 5.41) is 0. The Labute approximate surface area is 87.4 Å². The number of Topliss-reactive ketones (excluding diaryl/α,β-unsaturated/α-hetero) is 1. The number of halogens is 2. The molecule has 0 saturated heterocycles. The van der Waals surface area contributed by atoms with Crippen molar-refractivity contribution in [2.75, 3.05) is 0 Å². The monoisotopic (exact) mass is 288 g/mol. The van der Waals surface area contributed by atoms with E-state index in [4.69, 9.17) is 0 Å². The minimum atomic E-state index is -0.0122. The Kier molecular flexibility index (Phi) is 2.09. The zero-order chi connectivity index (χ0) is 8.72. The van der Waals surface area contributed by atoms with E-state index in [-0.39, 0.29) is 10.6 Å². The van der Waals surface area contributed by atoms with Crippen LogP contribution < -0.4 is 0 Å². The number of rotatable bonds is 0. The second-order valence-electron chi connectivity index (χ2n) is 2.84. The Hall–Kier alpha value is -0.150. The number of carbonyl (C=O) groups excluding carboxylic acids is 1. The molecule has 0 aliphatic heterocycles. The Bertz CT molecular complexity index is 346. The topological polar surface area (TPSA) is 17.1 Å². The van der Waals surface area contributed by atoms with Crippen LogP contribution in [0.4, 0.5) is 0 Å². The fraction of sp³-hybridized carbons (Fsp3) is 0.222. The molecule has 2 rings (SSSR count). The highest BCUT2D eigenvalue weighted by atomic mass is 79.9. The lowest BCUT2D eigenvalue weighted by Gasteiger charge is -1.95. The average molecular weight is 290 g/mol. The van der Waals surface area contributed by atoms with Crippen molar-refractivity contribution in [3.8, 4) is 0 Å². The SMILES string of the molecule is O=C1c2cc(Br)ccc2CC1Br. The molecule has 0 spiro atoms. The zero-order valence-corrected chi connectivity index (χ0v) is 9.35. The van der Waals surface area contributed by atoms with E-state index in [9.17, 15) is 4.79 Å². The zero-order valence-electron chi connectivity index (χ0n) is 6.18. The Morgan fingerprint density at radius 2 is 2.17 bits per heavy atom. The number of ketones is 1. The predicted octanol–water partition coefficient (Wildman–Crippen LogP) is 2.95. The maximum Gasteiger partial charge on any atom is 0.177 e. The fourth-order valence-corrected chi connectivity index (χ4v) is 2.37. The second kappa shape index (κ2) is 2.96. The molecule has 0 N–H and O–H groups in total. The number of fused-ring (bicyclic) bond motifs is 1. The molecule has 3 heteroatoms. The Morgan fingerprint density at radius 3 is 2.92 bits per heavy atom. The number of alkyl halides is 1. The molecule has 1 nitrogen and oxygen atoms in total. The molecule has 0 radical (unpaired) electrons. The summed E-state index contributed by atoms with van der Waals surface area (Å²) in [5.41, 5.74) is 2.00. The third-order valence-electron chi connectivity index (χ3n) is 2.02. The summed E-state index contributed by atoms with van der Waals surface area (Å²) in [6.07, 6.45) is 0.821. The first kappa shape index (κ1) is 8.45. The first-order valence-corrected chi connectivity index (χ1v) is 5.36. The van der Waals surface area contributed by atoms with Crippen molar-refractivity contribution in [1.29, 1.82) is 0 Å². The van der Waals surface area contributed by atoms with Gasteiger partial charge >= 0.3 is 0 Å². The van der Waals surface area contributed by atoms with Crippen LogP contribution in [0.2, 0.25) is 0 Å². The van der Waals surface area contributed by atoms with Crippen LogP contribution in [0.3, 0.4) is 0 Å². The average Bonchev–Trinajstić information content (AvgIpc) is 2.31. The van der Waals surface area contributed by atoms with Crippen LogP contribution in [0.15, 0.2) is 22.7 Å². The standard InChI is InChI=1S/C9H6Br2O/c10-6-2-1-5-3-8(11)9(12)7(5)4-6/h1-2,4,8H,3H2. The maximum absolute atomic E-state index is 11.5. The highest BCUT2D eigenvalue weighted by molar-refractivity contribution is 9.10. The van der Waals surface area contributed by atoms with Crippen molar-refractivity contribution in [3.63, 3.8) is 0 Å². The van der Waals surface area contributed by atoms with E-state index in [1.807, 2.05) is 18.2 Å². The molecule has 1 atom stereocenters. The van der Waals surface area contributed by atoms with E-state index in [2.05, 4.69) is 31.9 Å². The van der Waals surface area contributed by atoms with Gasteiger partial charge in [-0.25, -0.2) is 0 Å². The highest BCUT2D eigenvalue weighted by Gasteiger charge is 2.27. The summed E-state index contributed by atoms with van der Waals surface area (Å²) in [6, 6.07) is 5.86. The van der Waals surface area contributed by atoms with Crippen molar-refractivity contribution in [1.82, 2.24) is 0 Å². The van der Waals surface area contributed by atoms with Gasteiger partial charge in [0.15, 0.2) is 5.78 Å². The lowest BCUT2D eigenvalue weighted by Crippen LogP contribution is -2.05. The van der Waals surface area contributed by atoms with Gasteiger partial charge in [-0.15, -0.1) is 0 Å². The molecule has 62 valence electrons. The van der Waals surface area contributed by atoms with E-state index in [0.29, 0.717) is 0 Å². The molecule has 1 aromatic rings. The summed E-state index contributed by atoms with van der Waals surface area (Å²) in [5.74, 6) is 0.200. The van der Waals surface area contributed by atoms with Crippen LogP contribution in [0.5, 0.6) is 0 Å². The van der Waals surface area contributed by atoms with Crippen LogP contribution in [0.1, 0.15) is 15.9 Å². The fourth-order valence-electron chi connectivity index (χ4n) is 1.41. The number of hydrogen-bond acceptors (Lipinski definition) is 1. The molecular formula is C9H6Br2O. The molecule has 0 amide bonds. The first-order valence-electron chi connectivity index (χ1n) is 3.65. The number of hydrogen-bond donors (Lipinski definition) is 0. The van der Waals surface area contributed by atoms with Crippen LogP contribution in [-0.4, -0.2) is 10.6 Å². The first-order chi connectivity index (χ1) is 5.68. The highest BCUT2D eigenvalue weighted by Crippen LogP contribution is 2.28. The minimum Gasteiger partial charge on any atom is -0.293 e. The molecule has 1 aromatic carbocycles. The molecule has 0 bridgehead atoms. The molecule has 0 saturated carbocycles. The van der Waals surface area contributed by atoms with Gasteiger partial charge in [-0.3, -0.25) is 4.79 Å². The van der Waals surface area contributed by atoms with Gasteiger partial charge in [-0.2, -0.15) is 0 Å². The van der Waals surface area contributed by atoms with E-state index < -0.39 is 0 Å². The summed E-state index contributed by atoms with van der Waals surface area (Å²) in [7, 11) is 0. The van der Waals surface area contributed by atoms with Gasteiger partial charge in [-0.05, 0) is 24.1 Å². The van der Waals surface area contributed by atoms with Crippen molar-refractivity contribution < 1.29 is 4.79 Å². The third-order valence-corrected chi connectivity index (χ3v) is 3.25. The lowest BCUT2D eigenvalue weighted by atomic mass is 10.1. The Balaban J connectivity index is 2.56. The summed E-state index contributed by atoms with van der Waals surface area (Å²) in [4.78, 5) is 11.5.